The molecule has 4 atom stereocenters. The summed E-state index contributed by atoms with van der Waals surface area (Å²) in [7, 11) is 2.59. The second-order valence-corrected chi connectivity index (χ2v) is 16.4. The lowest BCUT2D eigenvalue weighted by atomic mass is 9.86. The van der Waals surface area contributed by atoms with Gasteiger partial charge in [-0.3, -0.25) is 9.59 Å². The van der Waals surface area contributed by atoms with Gasteiger partial charge in [0.05, 0.1) is 43.9 Å². The fraction of sp³-hybridized carbons (Fsp3) is 0.488. The summed E-state index contributed by atoms with van der Waals surface area (Å²) >= 11 is 0. The monoisotopic (exact) mass is 792 g/mol. The molecule has 2 unspecified atom stereocenters. The third-order valence-electron chi connectivity index (χ3n) is 12.1. The average Bonchev–Trinajstić information content (AvgIpc) is 4.06. The van der Waals surface area contributed by atoms with E-state index in [-0.39, 0.29) is 35.7 Å². The number of fused-ring (bicyclic) bond motifs is 6. The zero-order chi connectivity index (χ0) is 40.8. The maximum Gasteiger partial charge on any atom is 0.407 e. The summed E-state index contributed by atoms with van der Waals surface area (Å²) in [6.45, 7) is 9.22. The summed E-state index contributed by atoms with van der Waals surface area (Å²) in [6, 6.07) is 8.88. The SMILES string of the molecule is COC(=O)NC(C(=O)N1CCC[C@H]1c1ncc(-c2ccc3c(c2)COc2cc4c(cc2-3)CCc2[nH]c([C@@H]3CCCN3C(=O)C(NC(=O)OC)C(C)C)nc2-4)[nH]1)C(C)C. The number of likely N-dealkylation sites (tertiary alicyclic amines) is 2. The molecule has 1 aliphatic carbocycles. The largest absolute Gasteiger partial charge is 0.488 e. The Morgan fingerprint density at radius 3 is 2.03 bits per heavy atom. The fourth-order valence-corrected chi connectivity index (χ4v) is 8.97. The molecule has 4 aliphatic rings. The lowest BCUT2D eigenvalue weighted by Gasteiger charge is -2.30. The number of nitrogens with one attached hydrogen (secondary N) is 4. The van der Waals surface area contributed by atoms with Gasteiger partial charge in [0, 0.05) is 29.9 Å². The quantitative estimate of drug-likeness (QED) is 0.153. The van der Waals surface area contributed by atoms with E-state index < -0.39 is 24.3 Å². The Bertz CT molecular complexity index is 2240. The second kappa shape index (κ2) is 15.8. The average molecular weight is 793 g/mol. The molecule has 2 aromatic carbocycles. The third kappa shape index (κ3) is 7.15. The predicted octanol–water partition coefficient (Wildman–Crippen LogP) is 6.21. The third-order valence-corrected chi connectivity index (χ3v) is 12.1. The number of H-pyrrole nitrogens is 2. The predicted molar refractivity (Wildman–Crippen MR) is 214 cm³/mol. The van der Waals surface area contributed by atoms with E-state index in [2.05, 4.69) is 50.9 Å². The van der Waals surface area contributed by atoms with Crippen molar-refractivity contribution in [2.24, 2.45) is 11.8 Å². The molecule has 0 saturated carbocycles. The van der Waals surface area contributed by atoms with Crippen molar-refractivity contribution < 1.29 is 33.4 Å². The molecule has 2 fully saturated rings. The number of amides is 4. The first-order valence-electron chi connectivity index (χ1n) is 20.3. The molecule has 0 spiro atoms. The van der Waals surface area contributed by atoms with Crippen LogP contribution in [0.15, 0.2) is 36.5 Å². The Balaban J connectivity index is 1.01. The highest BCUT2D eigenvalue weighted by molar-refractivity contribution is 5.88. The summed E-state index contributed by atoms with van der Waals surface area (Å²) in [4.78, 5) is 72.1. The van der Waals surface area contributed by atoms with E-state index in [0.717, 1.165) is 101 Å². The molecule has 2 aromatic heterocycles. The Hall–Kier alpha value is -5.86. The normalized spacial score (nSPS) is 19.1. The van der Waals surface area contributed by atoms with E-state index in [0.29, 0.717) is 19.7 Å². The van der Waals surface area contributed by atoms with Crippen molar-refractivity contribution >= 4 is 24.0 Å². The van der Waals surface area contributed by atoms with Gasteiger partial charge in [0.15, 0.2) is 0 Å². The number of carbonyl (C=O) groups excluding carboxylic acids is 4. The molecule has 2 saturated heterocycles. The van der Waals surface area contributed by atoms with E-state index >= 15 is 0 Å². The van der Waals surface area contributed by atoms with E-state index in [4.69, 9.17) is 24.2 Å². The number of aromatic amines is 2. The number of imidazole rings is 2. The molecule has 4 aromatic rings. The summed E-state index contributed by atoms with van der Waals surface area (Å²) in [5.74, 6) is 1.79. The van der Waals surface area contributed by atoms with Crippen molar-refractivity contribution in [1.29, 1.82) is 0 Å². The number of nitrogens with zero attached hydrogens (tertiary/aromatic N) is 4. The number of hydrogen-bond acceptors (Lipinski definition) is 9. The van der Waals surface area contributed by atoms with Crippen LogP contribution in [0.5, 0.6) is 5.75 Å². The molecule has 15 heteroatoms. The number of carbonyl (C=O) groups is 4. The molecule has 15 nitrogen and oxygen atoms in total. The van der Waals surface area contributed by atoms with Crippen molar-refractivity contribution in [3.05, 3.63) is 65.0 Å². The van der Waals surface area contributed by atoms with Crippen molar-refractivity contribution in [3.63, 3.8) is 0 Å². The van der Waals surface area contributed by atoms with Crippen LogP contribution in [-0.4, -0.2) is 93.1 Å². The van der Waals surface area contributed by atoms with Gasteiger partial charge in [0.1, 0.15) is 36.1 Å². The number of aromatic nitrogens is 4. The van der Waals surface area contributed by atoms with Gasteiger partial charge in [-0.05, 0) is 90.8 Å². The molecule has 0 bridgehead atoms. The second-order valence-electron chi connectivity index (χ2n) is 16.4. The van der Waals surface area contributed by atoms with Crippen LogP contribution in [0.25, 0.3) is 33.6 Å². The summed E-state index contributed by atoms with van der Waals surface area (Å²) in [5.41, 5.74) is 9.24. The topological polar surface area (TPSA) is 184 Å². The van der Waals surface area contributed by atoms with Gasteiger partial charge >= 0.3 is 12.2 Å². The molecule has 8 rings (SSSR count). The molecule has 58 heavy (non-hydrogen) atoms. The zero-order valence-corrected chi connectivity index (χ0v) is 33.9. The van der Waals surface area contributed by atoms with Crippen LogP contribution in [0.2, 0.25) is 0 Å². The van der Waals surface area contributed by atoms with Gasteiger partial charge in [-0.25, -0.2) is 19.6 Å². The van der Waals surface area contributed by atoms with Crippen LogP contribution in [-0.2, 0) is 38.5 Å². The van der Waals surface area contributed by atoms with Gasteiger partial charge < -0.3 is 44.6 Å². The first-order chi connectivity index (χ1) is 27.9. The number of benzene rings is 2. The minimum Gasteiger partial charge on any atom is -0.488 e. The number of rotatable bonds is 9. The minimum absolute atomic E-state index is 0.111. The number of aryl methyl sites for hydroxylation is 2. The maximum atomic E-state index is 13.8. The van der Waals surface area contributed by atoms with Crippen LogP contribution < -0.4 is 15.4 Å². The molecular formula is C43H52N8O7. The summed E-state index contributed by atoms with van der Waals surface area (Å²) < 4.78 is 16.0. The van der Waals surface area contributed by atoms with Crippen molar-refractivity contribution in [2.45, 2.75) is 97.0 Å². The van der Waals surface area contributed by atoms with E-state index in [1.807, 2.05) is 43.7 Å². The van der Waals surface area contributed by atoms with Crippen LogP contribution in [0.3, 0.4) is 0 Å². The van der Waals surface area contributed by atoms with Gasteiger partial charge in [-0.1, -0.05) is 39.8 Å². The maximum absolute atomic E-state index is 13.8. The molecule has 306 valence electrons. The lowest BCUT2D eigenvalue weighted by Crippen LogP contribution is -2.51. The Morgan fingerprint density at radius 1 is 0.776 bits per heavy atom. The number of hydrogen-bond donors (Lipinski definition) is 4. The van der Waals surface area contributed by atoms with Crippen LogP contribution in [0.4, 0.5) is 9.59 Å². The Kier molecular flexibility index (Phi) is 10.6. The molecule has 5 heterocycles. The lowest BCUT2D eigenvalue weighted by molar-refractivity contribution is -0.136. The number of methoxy groups -OCH3 is 2. The van der Waals surface area contributed by atoms with Crippen LogP contribution >= 0.6 is 0 Å². The molecular weight excluding hydrogens is 741 g/mol. The van der Waals surface area contributed by atoms with Crippen LogP contribution in [0, 0.1) is 11.8 Å². The van der Waals surface area contributed by atoms with Gasteiger partial charge in [-0.15, -0.1) is 0 Å². The standard InChI is InChI=1S/C43H52N8O7/c1-22(2)35(48-42(54)56-5)40(52)50-15-7-9-32(50)38-44-20-31(46-38)25-11-13-27-26(17-25)21-58-34-19-28-24(18-29(27)34)12-14-30-37(28)47-39(45-30)33-10-8-16-51(33)41(53)36(23(3)4)49-43(55)57-6/h11,13,17-20,22-23,32-33,35-36H,7-10,12,14-16,21H2,1-6H3,(H,44,46)(H,45,47)(H,48,54)(H,49,55)/t32-,33-,35?,36?/m0/s1. The van der Waals surface area contributed by atoms with Crippen molar-refractivity contribution in [3.8, 4) is 39.4 Å². The molecule has 0 radical (unpaired) electrons. The molecule has 4 amide bonds. The number of alkyl carbamates (subject to hydrolysis) is 2. The van der Waals surface area contributed by atoms with Crippen molar-refractivity contribution in [1.82, 2.24) is 40.4 Å². The van der Waals surface area contributed by atoms with Gasteiger partial charge in [-0.2, -0.15) is 0 Å². The molecule has 4 N–H and O–H groups in total. The van der Waals surface area contributed by atoms with E-state index in [1.165, 1.54) is 19.8 Å². The number of ether oxygens (including phenoxy) is 3. The van der Waals surface area contributed by atoms with Crippen molar-refractivity contribution in [2.75, 3.05) is 27.3 Å². The highest BCUT2D eigenvalue weighted by atomic mass is 16.5. The summed E-state index contributed by atoms with van der Waals surface area (Å²) in [5, 5.41) is 5.43. The fourth-order valence-electron chi connectivity index (χ4n) is 8.97. The smallest absolute Gasteiger partial charge is 0.407 e. The summed E-state index contributed by atoms with van der Waals surface area (Å²) in [6.07, 6.45) is 5.45. The van der Waals surface area contributed by atoms with Gasteiger partial charge in [0.2, 0.25) is 11.8 Å². The Morgan fingerprint density at radius 2 is 1.41 bits per heavy atom. The Labute approximate surface area is 337 Å². The van der Waals surface area contributed by atoms with E-state index in [1.54, 1.807) is 0 Å². The minimum atomic E-state index is -0.697. The first-order valence-corrected chi connectivity index (χ1v) is 20.3. The zero-order valence-electron chi connectivity index (χ0n) is 33.9. The van der Waals surface area contributed by atoms with Gasteiger partial charge in [0.25, 0.3) is 0 Å². The highest BCUT2D eigenvalue weighted by Crippen LogP contribution is 2.45. The molecule has 3 aliphatic heterocycles. The highest BCUT2D eigenvalue weighted by Gasteiger charge is 2.40. The first kappa shape index (κ1) is 39.0. The van der Waals surface area contributed by atoms with E-state index in [9.17, 15) is 19.2 Å². The van der Waals surface area contributed by atoms with Crippen LogP contribution in [0.1, 0.15) is 93.9 Å².